The molecular formula is C9H15N3O2. The molecule has 5 heteroatoms. The Kier molecular flexibility index (Phi) is 2.88. The molecule has 1 rings (SSSR count). The van der Waals surface area contributed by atoms with E-state index in [-0.39, 0.29) is 11.5 Å². The van der Waals surface area contributed by atoms with Crippen molar-refractivity contribution in [1.82, 2.24) is 15.5 Å². The summed E-state index contributed by atoms with van der Waals surface area (Å²) in [5.41, 5.74) is -0.153. The van der Waals surface area contributed by atoms with Gasteiger partial charge in [0.25, 0.3) is 0 Å². The van der Waals surface area contributed by atoms with E-state index in [1.165, 1.54) is 0 Å². The standard InChI is InChI=1S/C9H15N3O2/c1-6-11-8(14-12-6)7(10-5-13)9(2,3)4/h5,7H,1-4H3,(H,10,13). The monoisotopic (exact) mass is 197 g/mol. The highest BCUT2D eigenvalue weighted by Crippen LogP contribution is 2.31. The van der Waals surface area contributed by atoms with E-state index >= 15 is 0 Å². The van der Waals surface area contributed by atoms with Gasteiger partial charge >= 0.3 is 0 Å². The average molecular weight is 197 g/mol. The summed E-state index contributed by atoms with van der Waals surface area (Å²) < 4.78 is 5.02. The molecule has 0 aromatic carbocycles. The normalized spacial score (nSPS) is 13.7. The third kappa shape index (κ3) is 2.31. The van der Waals surface area contributed by atoms with Crippen LogP contribution < -0.4 is 5.32 Å². The van der Waals surface area contributed by atoms with Crippen LogP contribution >= 0.6 is 0 Å². The lowest BCUT2D eigenvalue weighted by atomic mass is 9.87. The summed E-state index contributed by atoms with van der Waals surface area (Å²) in [5, 5.41) is 6.37. The highest BCUT2D eigenvalue weighted by molar-refractivity contribution is 5.47. The van der Waals surface area contributed by atoms with Gasteiger partial charge in [-0.05, 0) is 12.3 Å². The largest absolute Gasteiger partial charge is 0.346 e. The highest BCUT2D eigenvalue weighted by Gasteiger charge is 2.30. The zero-order chi connectivity index (χ0) is 10.8. The van der Waals surface area contributed by atoms with Crippen LogP contribution in [-0.4, -0.2) is 16.6 Å². The van der Waals surface area contributed by atoms with Crippen LogP contribution in [0.25, 0.3) is 0 Å². The van der Waals surface area contributed by atoms with Gasteiger partial charge in [0.1, 0.15) is 6.04 Å². The SMILES string of the molecule is Cc1noc(C(NC=O)C(C)(C)C)n1. The molecule has 1 aromatic heterocycles. The molecule has 1 N–H and O–H groups in total. The maximum Gasteiger partial charge on any atom is 0.249 e. The van der Waals surface area contributed by atoms with E-state index in [2.05, 4.69) is 15.5 Å². The Labute approximate surface area is 82.9 Å². The Hall–Kier alpha value is -1.39. The topological polar surface area (TPSA) is 68.0 Å². The number of aromatic nitrogens is 2. The lowest BCUT2D eigenvalue weighted by Gasteiger charge is -2.26. The third-order valence-corrected chi connectivity index (χ3v) is 1.89. The lowest BCUT2D eigenvalue weighted by Crippen LogP contribution is -2.31. The number of hydrogen-bond acceptors (Lipinski definition) is 4. The molecule has 1 atom stereocenters. The summed E-state index contributed by atoms with van der Waals surface area (Å²) >= 11 is 0. The first-order valence-corrected chi connectivity index (χ1v) is 4.45. The van der Waals surface area contributed by atoms with Crippen LogP contribution in [0.5, 0.6) is 0 Å². The number of nitrogens with one attached hydrogen (secondary N) is 1. The molecule has 1 aromatic rings. The molecule has 0 aliphatic heterocycles. The van der Waals surface area contributed by atoms with Crippen molar-refractivity contribution in [3.05, 3.63) is 11.7 Å². The van der Waals surface area contributed by atoms with E-state index in [1.807, 2.05) is 20.8 Å². The van der Waals surface area contributed by atoms with E-state index in [9.17, 15) is 4.79 Å². The summed E-state index contributed by atoms with van der Waals surface area (Å²) in [4.78, 5) is 14.5. The van der Waals surface area contributed by atoms with Crippen molar-refractivity contribution in [2.45, 2.75) is 33.7 Å². The number of hydrogen-bond donors (Lipinski definition) is 1. The molecule has 0 aliphatic carbocycles. The second kappa shape index (κ2) is 3.77. The van der Waals surface area contributed by atoms with Gasteiger partial charge in [-0.3, -0.25) is 4.79 Å². The summed E-state index contributed by atoms with van der Waals surface area (Å²) in [6.07, 6.45) is 0.648. The fourth-order valence-corrected chi connectivity index (χ4v) is 1.19. The van der Waals surface area contributed by atoms with Gasteiger partial charge in [0, 0.05) is 0 Å². The third-order valence-electron chi connectivity index (χ3n) is 1.89. The Bertz CT molecular complexity index is 314. The van der Waals surface area contributed by atoms with Crippen molar-refractivity contribution >= 4 is 6.41 Å². The quantitative estimate of drug-likeness (QED) is 0.739. The van der Waals surface area contributed by atoms with E-state index < -0.39 is 0 Å². The van der Waals surface area contributed by atoms with Crippen LogP contribution in [0.3, 0.4) is 0 Å². The van der Waals surface area contributed by atoms with Gasteiger partial charge in [-0.25, -0.2) is 0 Å². The lowest BCUT2D eigenvalue weighted by molar-refractivity contribution is -0.111. The maximum atomic E-state index is 10.4. The van der Waals surface area contributed by atoms with Crippen molar-refractivity contribution in [3.8, 4) is 0 Å². The van der Waals surface area contributed by atoms with Crippen LogP contribution in [0.2, 0.25) is 0 Å². The zero-order valence-corrected chi connectivity index (χ0v) is 8.87. The number of carbonyl (C=O) groups excluding carboxylic acids is 1. The van der Waals surface area contributed by atoms with Crippen LogP contribution in [0.1, 0.15) is 38.5 Å². The fraction of sp³-hybridized carbons (Fsp3) is 0.667. The molecule has 1 heterocycles. The molecule has 78 valence electrons. The number of nitrogens with zero attached hydrogens (tertiary/aromatic N) is 2. The van der Waals surface area contributed by atoms with Gasteiger partial charge in [-0.1, -0.05) is 25.9 Å². The minimum Gasteiger partial charge on any atom is -0.346 e. The Morgan fingerprint density at radius 3 is 2.50 bits per heavy atom. The van der Waals surface area contributed by atoms with Gasteiger partial charge in [0.05, 0.1) is 0 Å². The average Bonchev–Trinajstić information content (AvgIpc) is 2.45. The Morgan fingerprint density at radius 1 is 1.50 bits per heavy atom. The predicted octanol–water partition coefficient (Wildman–Crippen LogP) is 1.21. The van der Waals surface area contributed by atoms with E-state index in [0.29, 0.717) is 18.1 Å². The smallest absolute Gasteiger partial charge is 0.249 e. The second-order valence-electron chi connectivity index (χ2n) is 4.26. The van der Waals surface area contributed by atoms with Crippen LogP contribution in [0.15, 0.2) is 4.52 Å². The van der Waals surface area contributed by atoms with Crippen molar-refractivity contribution in [2.24, 2.45) is 5.41 Å². The Morgan fingerprint density at radius 2 is 2.14 bits per heavy atom. The maximum absolute atomic E-state index is 10.4. The second-order valence-corrected chi connectivity index (χ2v) is 4.26. The first-order valence-electron chi connectivity index (χ1n) is 4.45. The summed E-state index contributed by atoms with van der Waals surface area (Å²) in [7, 11) is 0. The minimum absolute atomic E-state index is 0.153. The van der Waals surface area contributed by atoms with Crippen molar-refractivity contribution in [3.63, 3.8) is 0 Å². The molecule has 0 fully saturated rings. The molecule has 1 unspecified atom stereocenters. The molecule has 0 spiro atoms. The van der Waals surface area contributed by atoms with Gasteiger partial charge in [-0.15, -0.1) is 0 Å². The van der Waals surface area contributed by atoms with E-state index in [0.717, 1.165) is 0 Å². The number of rotatable bonds is 3. The first kappa shape index (κ1) is 10.7. The molecular weight excluding hydrogens is 182 g/mol. The number of carbonyl (C=O) groups is 1. The van der Waals surface area contributed by atoms with Gasteiger partial charge in [0.15, 0.2) is 5.82 Å². The fourth-order valence-electron chi connectivity index (χ4n) is 1.19. The molecule has 0 aliphatic rings. The molecule has 5 nitrogen and oxygen atoms in total. The molecule has 1 amide bonds. The summed E-state index contributed by atoms with van der Waals surface area (Å²) in [6, 6.07) is -0.249. The molecule has 0 bridgehead atoms. The summed E-state index contributed by atoms with van der Waals surface area (Å²) in [5.74, 6) is 1.02. The van der Waals surface area contributed by atoms with Gasteiger partial charge in [-0.2, -0.15) is 4.98 Å². The first-order chi connectivity index (χ1) is 6.45. The molecule has 14 heavy (non-hydrogen) atoms. The van der Waals surface area contributed by atoms with Crippen molar-refractivity contribution in [1.29, 1.82) is 0 Å². The van der Waals surface area contributed by atoms with Crippen LogP contribution in [0, 0.1) is 12.3 Å². The predicted molar refractivity (Wildman–Crippen MR) is 50.4 cm³/mol. The number of aryl methyl sites for hydroxylation is 1. The minimum atomic E-state index is -0.249. The molecule has 0 radical (unpaired) electrons. The Balaban J connectivity index is 2.94. The van der Waals surface area contributed by atoms with Crippen molar-refractivity contribution < 1.29 is 9.32 Å². The van der Waals surface area contributed by atoms with Crippen LogP contribution in [-0.2, 0) is 4.79 Å². The highest BCUT2D eigenvalue weighted by atomic mass is 16.5. The zero-order valence-electron chi connectivity index (χ0n) is 8.87. The van der Waals surface area contributed by atoms with Crippen LogP contribution in [0.4, 0.5) is 0 Å². The number of amides is 1. The van der Waals surface area contributed by atoms with Gasteiger partial charge < -0.3 is 9.84 Å². The van der Waals surface area contributed by atoms with E-state index in [4.69, 9.17) is 4.52 Å². The van der Waals surface area contributed by atoms with Crippen molar-refractivity contribution in [2.75, 3.05) is 0 Å². The van der Waals surface area contributed by atoms with Gasteiger partial charge in [0.2, 0.25) is 12.3 Å². The molecule has 0 saturated carbocycles. The van der Waals surface area contributed by atoms with E-state index in [1.54, 1.807) is 6.92 Å². The molecule has 0 saturated heterocycles. The summed E-state index contributed by atoms with van der Waals surface area (Å²) in [6.45, 7) is 7.72.